The van der Waals surface area contributed by atoms with Gasteiger partial charge in [-0.2, -0.15) is 10.5 Å². The summed E-state index contributed by atoms with van der Waals surface area (Å²) < 4.78 is 0. The number of anilines is 1. The number of nitrogens with one attached hydrogen (secondary N) is 4. The number of benzene rings is 1. The first kappa shape index (κ1) is 18.8. The molecule has 1 aromatic carbocycles. The molecule has 0 aliphatic heterocycles. The third-order valence-electron chi connectivity index (χ3n) is 4.54. The van der Waals surface area contributed by atoms with Crippen LogP contribution in [0.5, 0.6) is 0 Å². The minimum absolute atomic E-state index is 0.300. The molecule has 27 heavy (non-hydrogen) atoms. The zero-order valence-corrected chi connectivity index (χ0v) is 15.3. The van der Waals surface area contributed by atoms with Crippen LogP contribution in [0.25, 0.3) is 0 Å². The van der Waals surface area contributed by atoms with E-state index in [2.05, 4.69) is 47.9 Å². The predicted molar refractivity (Wildman–Crippen MR) is 102 cm³/mol. The second-order valence-corrected chi connectivity index (χ2v) is 6.62. The number of rotatable bonds is 5. The van der Waals surface area contributed by atoms with Crippen LogP contribution in [-0.2, 0) is 6.54 Å². The number of hydrogen-bond donors (Lipinski definition) is 4. The number of hydrogen-bond acceptors (Lipinski definition) is 6. The van der Waals surface area contributed by atoms with E-state index in [9.17, 15) is 0 Å². The number of aromatic nitrogens is 4. The molecule has 9 heteroatoms. The van der Waals surface area contributed by atoms with Crippen LogP contribution >= 0.6 is 0 Å². The number of aromatic amines is 1. The molecule has 1 heterocycles. The van der Waals surface area contributed by atoms with Crippen molar-refractivity contribution in [2.24, 2.45) is 4.99 Å². The fraction of sp³-hybridized carbons (Fsp3) is 0.500. The van der Waals surface area contributed by atoms with Gasteiger partial charge in [-0.1, -0.05) is 37.3 Å². The van der Waals surface area contributed by atoms with Gasteiger partial charge in [0.1, 0.15) is 6.54 Å². The molecule has 0 spiro atoms. The van der Waals surface area contributed by atoms with E-state index in [4.69, 9.17) is 5.26 Å². The number of hydrazine groups is 1. The zero-order valence-electron chi connectivity index (χ0n) is 15.3. The smallest absolute Gasteiger partial charge is 0.210 e. The van der Waals surface area contributed by atoms with Gasteiger partial charge in [-0.25, -0.2) is 10.4 Å². The van der Waals surface area contributed by atoms with Crippen molar-refractivity contribution < 1.29 is 0 Å². The molecule has 0 unspecified atom stereocenters. The van der Waals surface area contributed by atoms with Crippen LogP contribution in [0.4, 0.5) is 5.69 Å². The topological polar surface area (TPSA) is 127 Å². The summed E-state index contributed by atoms with van der Waals surface area (Å²) in [5.41, 5.74) is 8.08. The molecule has 4 N–H and O–H groups in total. The average Bonchev–Trinajstić information content (AvgIpc) is 3.19. The summed E-state index contributed by atoms with van der Waals surface area (Å²) in [6.45, 7) is 0.300. The molecule has 1 aliphatic carbocycles. The van der Waals surface area contributed by atoms with E-state index in [1.54, 1.807) is 12.1 Å². The summed E-state index contributed by atoms with van der Waals surface area (Å²) >= 11 is 0. The number of nitriles is 1. The Morgan fingerprint density at radius 3 is 2.56 bits per heavy atom. The fourth-order valence-corrected chi connectivity index (χ4v) is 3.05. The maximum atomic E-state index is 8.93. The van der Waals surface area contributed by atoms with Gasteiger partial charge in [0.05, 0.1) is 11.6 Å². The lowest BCUT2D eigenvalue weighted by molar-refractivity contribution is 0.377. The Morgan fingerprint density at radius 1 is 1.15 bits per heavy atom. The van der Waals surface area contributed by atoms with Crippen LogP contribution in [0, 0.1) is 11.3 Å². The third kappa shape index (κ3) is 6.34. The summed E-state index contributed by atoms with van der Waals surface area (Å²) in [4.78, 5) is 4.51. The minimum atomic E-state index is 0.300. The highest BCUT2D eigenvalue weighted by atomic mass is 15.5. The molecule has 0 amide bonds. The standard InChI is InChI=1S/C18H25N9/c19-12-14-8-10-15(11-9-14)21-18(20-13-17-23-26-27-24-17)25-22-16-6-4-2-1-3-5-7-16/h8-11,16,22H,1-7,13H2,(H2,20,21,25)(H,23,24,26,27). The SMILES string of the molecule is N#Cc1ccc(NC(=NCc2nn[nH]n2)NNC2CCCCCCC2)cc1. The van der Waals surface area contributed by atoms with Crippen molar-refractivity contribution in [2.45, 2.75) is 57.5 Å². The van der Waals surface area contributed by atoms with Crippen molar-refractivity contribution in [2.75, 3.05) is 5.32 Å². The maximum absolute atomic E-state index is 8.93. The van der Waals surface area contributed by atoms with E-state index in [1.807, 2.05) is 12.1 Å². The molecule has 3 rings (SSSR count). The van der Waals surface area contributed by atoms with Gasteiger partial charge in [0.2, 0.25) is 5.96 Å². The quantitative estimate of drug-likeness (QED) is 0.362. The van der Waals surface area contributed by atoms with Crippen molar-refractivity contribution >= 4 is 11.6 Å². The van der Waals surface area contributed by atoms with E-state index in [-0.39, 0.29) is 0 Å². The Balaban J connectivity index is 1.62. The van der Waals surface area contributed by atoms with Gasteiger partial charge in [0.25, 0.3) is 0 Å². The van der Waals surface area contributed by atoms with E-state index >= 15 is 0 Å². The first-order valence-electron chi connectivity index (χ1n) is 9.39. The van der Waals surface area contributed by atoms with Gasteiger partial charge in [-0.05, 0) is 37.1 Å². The Hall–Kier alpha value is -2.99. The van der Waals surface area contributed by atoms with Gasteiger partial charge in [0.15, 0.2) is 5.82 Å². The monoisotopic (exact) mass is 367 g/mol. The average molecular weight is 367 g/mol. The molecular formula is C18H25N9. The summed E-state index contributed by atoms with van der Waals surface area (Å²) in [6.07, 6.45) is 8.76. The number of tetrazole rings is 1. The highest BCUT2D eigenvalue weighted by molar-refractivity contribution is 5.93. The fourth-order valence-electron chi connectivity index (χ4n) is 3.05. The molecule has 142 valence electrons. The number of guanidine groups is 1. The maximum Gasteiger partial charge on any atom is 0.210 e. The van der Waals surface area contributed by atoms with Crippen LogP contribution in [0.1, 0.15) is 56.3 Å². The van der Waals surface area contributed by atoms with Crippen molar-refractivity contribution in [1.29, 1.82) is 5.26 Å². The van der Waals surface area contributed by atoms with Crippen molar-refractivity contribution in [1.82, 2.24) is 31.5 Å². The predicted octanol–water partition coefficient (Wildman–Crippen LogP) is 2.25. The lowest BCUT2D eigenvalue weighted by atomic mass is 9.97. The summed E-state index contributed by atoms with van der Waals surface area (Å²) in [6, 6.07) is 9.76. The minimum Gasteiger partial charge on any atom is -0.325 e. The van der Waals surface area contributed by atoms with Gasteiger partial charge >= 0.3 is 0 Å². The molecule has 0 saturated heterocycles. The second kappa shape index (κ2) is 10.2. The van der Waals surface area contributed by atoms with Crippen LogP contribution < -0.4 is 16.2 Å². The molecule has 9 nitrogen and oxygen atoms in total. The molecule has 1 saturated carbocycles. The Bertz CT molecular complexity index is 738. The van der Waals surface area contributed by atoms with Gasteiger partial charge in [-0.3, -0.25) is 5.43 Å². The normalized spacial score (nSPS) is 16.2. The Kier molecular flexibility index (Phi) is 7.12. The van der Waals surface area contributed by atoms with E-state index in [0.717, 1.165) is 18.5 Å². The molecule has 1 fully saturated rings. The van der Waals surface area contributed by atoms with Gasteiger partial charge in [0, 0.05) is 11.7 Å². The van der Waals surface area contributed by atoms with E-state index in [0.29, 0.717) is 29.9 Å². The Labute approximate surface area is 158 Å². The van der Waals surface area contributed by atoms with Crippen LogP contribution in [0.2, 0.25) is 0 Å². The number of H-pyrrole nitrogens is 1. The van der Waals surface area contributed by atoms with Gasteiger partial charge in [-0.15, -0.1) is 10.2 Å². The summed E-state index contributed by atoms with van der Waals surface area (Å²) in [5.74, 6) is 1.09. The molecule has 1 aliphatic rings. The van der Waals surface area contributed by atoms with E-state index in [1.165, 1.54) is 32.1 Å². The van der Waals surface area contributed by atoms with Crippen LogP contribution in [-0.4, -0.2) is 32.6 Å². The highest BCUT2D eigenvalue weighted by Gasteiger charge is 2.12. The lowest BCUT2D eigenvalue weighted by Gasteiger charge is -2.23. The number of aliphatic imine (C=N–C) groups is 1. The van der Waals surface area contributed by atoms with Gasteiger partial charge < -0.3 is 5.32 Å². The molecule has 1 aromatic heterocycles. The van der Waals surface area contributed by atoms with Crippen LogP contribution in [0.15, 0.2) is 29.3 Å². The molecule has 0 bridgehead atoms. The zero-order chi connectivity index (χ0) is 18.7. The lowest BCUT2D eigenvalue weighted by Crippen LogP contribution is -2.47. The molecular weight excluding hydrogens is 342 g/mol. The summed E-state index contributed by atoms with van der Waals surface area (Å²) in [5, 5.41) is 26.0. The van der Waals surface area contributed by atoms with Crippen LogP contribution in [0.3, 0.4) is 0 Å². The van der Waals surface area contributed by atoms with Crippen molar-refractivity contribution in [3.05, 3.63) is 35.7 Å². The largest absolute Gasteiger partial charge is 0.325 e. The molecule has 0 radical (unpaired) electrons. The van der Waals surface area contributed by atoms with Crippen molar-refractivity contribution in [3.63, 3.8) is 0 Å². The third-order valence-corrected chi connectivity index (χ3v) is 4.54. The van der Waals surface area contributed by atoms with Crippen molar-refractivity contribution in [3.8, 4) is 6.07 Å². The first-order chi connectivity index (χ1) is 13.3. The van der Waals surface area contributed by atoms with E-state index < -0.39 is 0 Å². The summed E-state index contributed by atoms with van der Waals surface area (Å²) in [7, 11) is 0. The molecule has 0 atom stereocenters. The Morgan fingerprint density at radius 2 is 1.89 bits per heavy atom. The first-order valence-corrected chi connectivity index (χ1v) is 9.39. The molecule has 2 aromatic rings. The number of nitrogens with zero attached hydrogens (tertiary/aromatic N) is 5. The second-order valence-electron chi connectivity index (χ2n) is 6.62. The highest BCUT2D eigenvalue weighted by Crippen LogP contribution is 2.16.